The van der Waals surface area contributed by atoms with E-state index in [1.54, 1.807) is 7.11 Å². The normalized spacial score (nSPS) is 13.8. The Morgan fingerprint density at radius 2 is 2.12 bits per heavy atom. The molecule has 1 aromatic carbocycles. The van der Waals surface area contributed by atoms with E-state index in [0.717, 1.165) is 18.6 Å². The van der Waals surface area contributed by atoms with Crippen molar-refractivity contribution in [1.29, 1.82) is 0 Å². The lowest BCUT2D eigenvalue weighted by Crippen LogP contribution is -2.36. The molecule has 2 nitrogen and oxygen atoms in total. The SMILES string of the molecule is C#CC(CC)NC(C)Cc1ccccc1OC. The van der Waals surface area contributed by atoms with Crippen molar-refractivity contribution in [2.24, 2.45) is 0 Å². The maximum atomic E-state index is 5.44. The molecule has 2 atom stereocenters. The van der Waals surface area contributed by atoms with E-state index in [4.69, 9.17) is 11.2 Å². The van der Waals surface area contributed by atoms with Gasteiger partial charge in [0, 0.05) is 6.04 Å². The molecule has 2 heteroatoms. The lowest BCUT2D eigenvalue weighted by atomic mass is 10.0. The minimum atomic E-state index is 0.153. The fraction of sp³-hybridized carbons (Fsp3) is 0.467. The van der Waals surface area contributed by atoms with Gasteiger partial charge in [-0.15, -0.1) is 6.42 Å². The Morgan fingerprint density at radius 1 is 1.41 bits per heavy atom. The summed E-state index contributed by atoms with van der Waals surface area (Å²) in [6.07, 6.45) is 7.31. The molecule has 0 spiro atoms. The topological polar surface area (TPSA) is 21.3 Å². The van der Waals surface area contributed by atoms with E-state index in [0.29, 0.717) is 6.04 Å². The Bertz CT molecular complexity index is 381. The summed E-state index contributed by atoms with van der Waals surface area (Å²) in [6.45, 7) is 4.24. The molecule has 0 aliphatic carbocycles. The van der Waals surface area contributed by atoms with E-state index in [9.17, 15) is 0 Å². The summed E-state index contributed by atoms with van der Waals surface area (Å²) in [4.78, 5) is 0. The van der Waals surface area contributed by atoms with Crippen LogP contribution in [0.5, 0.6) is 5.75 Å². The summed E-state index contributed by atoms with van der Waals surface area (Å²) < 4.78 is 5.34. The third kappa shape index (κ3) is 4.13. The Kier molecular flexibility index (Phi) is 5.59. The molecule has 92 valence electrons. The summed E-state index contributed by atoms with van der Waals surface area (Å²) in [6, 6.07) is 8.58. The molecule has 0 saturated heterocycles. The number of methoxy groups -OCH3 is 1. The number of hydrogen-bond donors (Lipinski definition) is 1. The minimum Gasteiger partial charge on any atom is -0.496 e. The molecule has 0 amide bonds. The zero-order valence-electron chi connectivity index (χ0n) is 10.9. The van der Waals surface area contributed by atoms with Gasteiger partial charge in [-0.1, -0.05) is 31.0 Å². The summed E-state index contributed by atoms with van der Waals surface area (Å²) in [5.74, 6) is 3.69. The van der Waals surface area contributed by atoms with E-state index in [1.807, 2.05) is 18.2 Å². The number of terminal acetylenes is 1. The molecule has 0 saturated carbocycles. The van der Waals surface area contributed by atoms with Crippen LogP contribution in [0.3, 0.4) is 0 Å². The second-order valence-electron chi connectivity index (χ2n) is 4.21. The molecule has 1 aromatic rings. The van der Waals surface area contributed by atoms with Gasteiger partial charge in [-0.3, -0.25) is 0 Å². The van der Waals surface area contributed by atoms with Gasteiger partial charge in [-0.2, -0.15) is 0 Å². The highest BCUT2D eigenvalue weighted by Crippen LogP contribution is 2.18. The molecule has 0 fully saturated rings. The van der Waals surface area contributed by atoms with Crippen LogP contribution in [0.15, 0.2) is 24.3 Å². The van der Waals surface area contributed by atoms with Crippen LogP contribution in [-0.2, 0) is 6.42 Å². The molecule has 2 unspecified atom stereocenters. The van der Waals surface area contributed by atoms with Gasteiger partial charge in [-0.05, 0) is 31.4 Å². The Balaban J connectivity index is 2.62. The van der Waals surface area contributed by atoms with Crippen LogP contribution in [0, 0.1) is 12.3 Å². The second kappa shape index (κ2) is 6.98. The molecule has 0 radical (unpaired) electrons. The Morgan fingerprint density at radius 3 is 2.71 bits per heavy atom. The van der Waals surface area contributed by atoms with Gasteiger partial charge in [0.05, 0.1) is 13.2 Å². The molecule has 0 bridgehead atoms. The highest BCUT2D eigenvalue weighted by atomic mass is 16.5. The summed E-state index contributed by atoms with van der Waals surface area (Å²) in [7, 11) is 1.70. The summed E-state index contributed by atoms with van der Waals surface area (Å²) >= 11 is 0. The standard InChI is InChI=1S/C15H21NO/c1-5-14(6-2)16-12(3)11-13-9-7-8-10-15(13)17-4/h1,7-10,12,14,16H,6,11H2,2-4H3. The first-order valence-corrected chi connectivity index (χ1v) is 6.05. The van der Waals surface area contributed by atoms with Gasteiger partial charge >= 0.3 is 0 Å². The van der Waals surface area contributed by atoms with Crippen molar-refractivity contribution in [3.05, 3.63) is 29.8 Å². The van der Waals surface area contributed by atoms with Crippen LogP contribution in [0.4, 0.5) is 0 Å². The van der Waals surface area contributed by atoms with E-state index in [1.165, 1.54) is 5.56 Å². The lowest BCUT2D eigenvalue weighted by Gasteiger charge is -2.19. The van der Waals surface area contributed by atoms with E-state index in [-0.39, 0.29) is 6.04 Å². The molecular weight excluding hydrogens is 210 g/mol. The molecule has 0 aromatic heterocycles. The van der Waals surface area contributed by atoms with Gasteiger partial charge in [-0.25, -0.2) is 0 Å². The fourth-order valence-electron chi connectivity index (χ4n) is 1.89. The van der Waals surface area contributed by atoms with Crippen molar-refractivity contribution in [3.8, 4) is 18.1 Å². The Labute approximate surface area is 104 Å². The van der Waals surface area contributed by atoms with Crippen LogP contribution in [0.1, 0.15) is 25.8 Å². The largest absolute Gasteiger partial charge is 0.496 e. The number of para-hydroxylation sites is 1. The number of benzene rings is 1. The van der Waals surface area contributed by atoms with E-state index in [2.05, 4.69) is 31.2 Å². The van der Waals surface area contributed by atoms with Crippen molar-refractivity contribution in [1.82, 2.24) is 5.32 Å². The van der Waals surface area contributed by atoms with Crippen LogP contribution < -0.4 is 10.1 Å². The average Bonchev–Trinajstić information content (AvgIpc) is 2.36. The highest BCUT2D eigenvalue weighted by Gasteiger charge is 2.10. The Hall–Kier alpha value is -1.46. The third-order valence-corrected chi connectivity index (χ3v) is 2.81. The van der Waals surface area contributed by atoms with Crippen molar-refractivity contribution in [3.63, 3.8) is 0 Å². The molecule has 0 aliphatic rings. The second-order valence-corrected chi connectivity index (χ2v) is 4.21. The van der Waals surface area contributed by atoms with Gasteiger partial charge in [0.1, 0.15) is 5.75 Å². The third-order valence-electron chi connectivity index (χ3n) is 2.81. The average molecular weight is 231 g/mol. The fourth-order valence-corrected chi connectivity index (χ4v) is 1.89. The predicted molar refractivity (Wildman–Crippen MR) is 72.2 cm³/mol. The van der Waals surface area contributed by atoms with Gasteiger partial charge in [0.15, 0.2) is 0 Å². The molecule has 0 aliphatic heterocycles. The highest BCUT2D eigenvalue weighted by molar-refractivity contribution is 5.33. The summed E-state index contributed by atoms with van der Waals surface area (Å²) in [5.41, 5.74) is 1.21. The van der Waals surface area contributed by atoms with Crippen LogP contribution in [0.2, 0.25) is 0 Å². The number of ether oxygens (including phenoxy) is 1. The van der Waals surface area contributed by atoms with Crippen molar-refractivity contribution < 1.29 is 4.74 Å². The zero-order chi connectivity index (χ0) is 12.7. The minimum absolute atomic E-state index is 0.153. The maximum absolute atomic E-state index is 5.44. The van der Waals surface area contributed by atoms with Crippen LogP contribution in [0.25, 0.3) is 0 Å². The first-order valence-electron chi connectivity index (χ1n) is 6.05. The number of hydrogen-bond acceptors (Lipinski definition) is 2. The van der Waals surface area contributed by atoms with Crippen molar-refractivity contribution in [2.45, 2.75) is 38.8 Å². The molecule has 0 heterocycles. The van der Waals surface area contributed by atoms with Crippen LogP contribution in [-0.4, -0.2) is 19.2 Å². The zero-order valence-corrected chi connectivity index (χ0v) is 10.9. The first-order chi connectivity index (χ1) is 8.21. The molecule has 1 N–H and O–H groups in total. The first kappa shape index (κ1) is 13.6. The van der Waals surface area contributed by atoms with Gasteiger partial charge in [0.2, 0.25) is 0 Å². The monoisotopic (exact) mass is 231 g/mol. The molecular formula is C15H21NO. The molecule has 1 rings (SSSR count). The lowest BCUT2D eigenvalue weighted by molar-refractivity contribution is 0.404. The summed E-state index contributed by atoms with van der Waals surface area (Å²) in [5, 5.41) is 3.42. The quantitative estimate of drug-likeness (QED) is 0.760. The van der Waals surface area contributed by atoms with Gasteiger partial charge < -0.3 is 10.1 Å². The van der Waals surface area contributed by atoms with Crippen molar-refractivity contribution >= 4 is 0 Å². The van der Waals surface area contributed by atoms with E-state index < -0.39 is 0 Å². The number of nitrogens with one attached hydrogen (secondary N) is 1. The smallest absolute Gasteiger partial charge is 0.122 e. The van der Waals surface area contributed by atoms with Gasteiger partial charge in [0.25, 0.3) is 0 Å². The van der Waals surface area contributed by atoms with Crippen LogP contribution >= 0.6 is 0 Å². The number of rotatable bonds is 6. The maximum Gasteiger partial charge on any atom is 0.122 e. The van der Waals surface area contributed by atoms with E-state index >= 15 is 0 Å². The molecule has 17 heavy (non-hydrogen) atoms. The predicted octanol–water partition coefficient (Wildman–Crippen LogP) is 2.63. The van der Waals surface area contributed by atoms with Crippen molar-refractivity contribution in [2.75, 3.05) is 7.11 Å².